The Morgan fingerprint density at radius 3 is 2.92 bits per heavy atom. The number of carbonyl (C=O) groups excluding carboxylic acids is 2. The molecule has 0 aliphatic carbocycles. The number of carbonyl (C=O) groups is 2. The Hall–Kier alpha value is -2.80. The molecule has 0 saturated carbocycles. The monoisotopic (exact) mass is 353 g/mol. The topological polar surface area (TPSA) is 71.5 Å². The zero-order valence-corrected chi connectivity index (χ0v) is 14.1. The van der Waals surface area contributed by atoms with Crippen LogP contribution in [0.1, 0.15) is 11.1 Å². The predicted molar refractivity (Wildman–Crippen MR) is 96.3 cm³/mol. The largest absolute Gasteiger partial charge is 0.491 e. The number of benzene rings is 1. The zero-order valence-electron chi connectivity index (χ0n) is 13.3. The molecule has 0 unspecified atom stereocenters. The number of hydrogen-bond donors (Lipinski definition) is 1. The molecule has 3 heterocycles. The van der Waals surface area contributed by atoms with Crippen LogP contribution in [0.4, 0.5) is 10.6 Å². The van der Waals surface area contributed by atoms with E-state index in [1.807, 2.05) is 36.4 Å². The van der Waals surface area contributed by atoms with Crippen molar-refractivity contribution in [2.45, 2.75) is 6.54 Å². The number of amides is 2. The van der Waals surface area contributed by atoms with E-state index in [-0.39, 0.29) is 11.1 Å². The first-order valence-corrected chi connectivity index (χ1v) is 8.67. The molecule has 0 bridgehead atoms. The lowest BCUT2D eigenvalue weighted by molar-refractivity contribution is -0.115. The van der Waals surface area contributed by atoms with Gasteiger partial charge in [-0.15, -0.1) is 0 Å². The molecule has 2 aromatic rings. The van der Waals surface area contributed by atoms with Crippen LogP contribution in [0.25, 0.3) is 6.08 Å². The van der Waals surface area contributed by atoms with Gasteiger partial charge in [-0.2, -0.15) is 0 Å². The Morgan fingerprint density at radius 1 is 1.24 bits per heavy atom. The standard InChI is InChI=1S/C18H15N3O3S/c22-17-15(25-18(23)20-17)10-12-4-5-14-13(9-12)11-21(7-8-24-14)16-3-1-2-6-19-16/h1-6,9-10H,7-8,11H2,(H,20,22,23). The Balaban J connectivity index is 1.63. The van der Waals surface area contributed by atoms with Gasteiger partial charge in [-0.05, 0) is 47.7 Å². The molecule has 7 heteroatoms. The SMILES string of the molecule is O=C1NC(=O)C(=Cc2ccc3c(c2)CN(c2ccccn2)CCO3)S1. The maximum absolute atomic E-state index is 11.7. The predicted octanol–water partition coefficient (Wildman–Crippen LogP) is 2.80. The fraction of sp³-hybridized carbons (Fsp3) is 0.167. The number of aromatic nitrogens is 1. The van der Waals surface area contributed by atoms with Crippen LogP contribution in [-0.2, 0) is 11.3 Å². The quantitative estimate of drug-likeness (QED) is 0.837. The van der Waals surface area contributed by atoms with Crippen LogP contribution in [0, 0.1) is 0 Å². The number of pyridine rings is 1. The summed E-state index contributed by atoms with van der Waals surface area (Å²) < 4.78 is 5.83. The van der Waals surface area contributed by atoms with Gasteiger partial charge in [0.15, 0.2) is 0 Å². The van der Waals surface area contributed by atoms with Crippen LogP contribution in [0.2, 0.25) is 0 Å². The normalized spacial score (nSPS) is 18.6. The highest BCUT2D eigenvalue weighted by Gasteiger charge is 2.25. The summed E-state index contributed by atoms with van der Waals surface area (Å²) in [7, 11) is 0. The second-order valence-corrected chi connectivity index (χ2v) is 6.69. The number of anilines is 1. The molecule has 2 amide bonds. The first-order valence-electron chi connectivity index (χ1n) is 7.85. The van der Waals surface area contributed by atoms with Gasteiger partial charge in [0.1, 0.15) is 18.2 Å². The lowest BCUT2D eigenvalue weighted by Gasteiger charge is -2.20. The second kappa shape index (κ2) is 6.60. The van der Waals surface area contributed by atoms with E-state index >= 15 is 0 Å². The van der Waals surface area contributed by atoms with Crippen LogP contribution in [0.3, 0.4) is 0 Å². The molecule has 126 valence electrons. The molecule has 0 atom stereocenters. The molecule has 1 saturated heterocycles. The van der Waals surface area contributed by atoms with E-state index in [0.29, 0.717) is 18.1 Å². The molecule has 1 N–H and O–H groups in total. The Labute approximate surface area is 148 Å². The van der Waals surface area contributed by atoms with Crippen molar-refractivity contribution in [1.82, 2.24) is 10.3 Å². The number of nitrogens with one attached hydrogen (secondary N) is 1. The third-order valence-electron chi connectivity index (χ3n) is 3.98. The molecular weight excluding hydrogens is 338 g/mol. The number of rotatable bonds is 2. The number of imide groups is 1. The summed E-state index contributed by atoms with van der Waals surface area (Å²) in [4.78, 5) is 30.0. The minimum absolute atomic E-state index is 0.337. The van der Waals surface area contributed by atoms with E-state index in [2.05, 4.69) is 15.2 Å². The zero-order chi connectivity index (χ0) is 17.2. The van der Waals surface area contributed by atoms with E-state index in [1.165, 1.54) is 0 Å². The van der Waals surface area contributed by atoms with Gasteiger partial charge in [0.25, 0.3) is 11.1 Å². The van der Waals surface area contributed by atoms with Crippen LogP contribution in [-0.4, -0.2) is 29.3 Å². The van der Waals surface area contributed by atoms with E-state index < -0.39 is 0 Å². The summed E-state index contributed by atoms with van der Waals surface area (Å²) in [6, 6.07) is 11.6. The van der Waals surface area contributed by atoms with Gasteiger partial charge >= 0.3 is 0 Å². The van der Waals surface area contributed by atoms with Gasteiger partial charge < -0.3 is 9.64 Å². The number of ether oxygens (including phenoxy) is 1. The van der Waals surface area contributed by atoms with Gasteiger partial charge in [-0.25, -0.2) is 4.98 Å². The molecule has 0 spiro atoms. The molecule has 6 nitrogen and oxygen atoms in total. The lowest BCUT2D eigenvalue weighted by atomic mass is 10.1. The fourth-order valence-corrected chi connectivity index (χ4v) is 3.49. The van der Waals surface area contributed by atoms with Crippen molar-refractivity contribution in [2.75, 3.05) is 18.1 Å². The molecular formula is C18H15N3O3S. The van der Waals surface area contributed by atoms with Gasteiger partial charge in [0.05, 0.1) is 11.4 Å². The minimum Gasteiger partial charge on any atom is -0.491 e. The number of fused-ring (bicyclic) bond motifs is 1. The minimum atomic E-state index is -0.351. The maximum atomic E-state index is 11.7. The van der Waals surface area contributed by atoms with Gasteiger partial charge in [-0.3, -0.25) is 14.9 Å². The third kappa shape index (κ3) is 3.36. The molecule has 25 heavy (non-hydrogen) atoms. The summed E-state index contributed by atoms with van der Waals surface area (Å²) in [5.41, 5.74) is 1.88. The average molecular weight is 353 g/mol. The lowest BCUT2D eigenvalue weighted by Crippen LogP contribution is -2.25. The first-order chi connectivity index (χ1) is 12.2. The highest BCUT2D eigenvalue weighted by molar-refractivity contribution is 8.18. The smallest absolute Gasteiger partial charge is 0.290 e. The second-order valence-electron chi connectivity index (χ2n) is 5.68. The van der Waals surface area contributed by atoms with Gasteiger partial charge in [0, 0.05) is 18.3 Å². The number of thioether (sulfide) groups is 1. The average Bonchev–Trinajstić information content (AvgIpc) is 2.82. The van der Waals surface area contributed by atoms with Crippen molar-refractivity contribution in [1.29, 1.82) is 0 Å². The highest BCUT2D eigenvalue weighted by atomic mass is 32.2. The van der Waals surface area contributed by atoms with Crippen molar-refractivity contribution in [3.63, 3.8) is 0 Å². The summed E-state index contributed by atoms with van der Waals surface area (Å²) in [6.07, 6.45) is 3.50. The van der Waals surface area contributed by atoms with Crippen LogP contribution < -0.4 is 15.0 Å². The summed E-state index contributed by atoms with van der Waals surface area (Å²) >= 11 is 0.917. The third-order valence-corrected chi connectivity index (χ3v) is 4.79. The maximum Gasteiger partial charge on any atom is 0.290 e. The fourth-order valence-electron chi connectivity index (χ4n) is 2.81. The molecule has 2 aliphatic heterocycles. The van der Waals surface area contributed by atoms with Crippen LogP contribution >= 0.6 is 11.8 Å². The van der Waals surface area contributed by atoms with Crippen molar-refractivity contribution >= 4 is 34.8 Å². The molecule has 1 aromatic carbocycles. The van der Waals surface area contributed by atoms with Crippen molar-refractivity contribution in [2.24, 2.45) is 0 Å². The Morgan fingerprint density at radius 2 is 2.16 bits per heavy atom. The summed E-state index contributed by atoms with van der Waals surface area (Å²) in [5.74, 6) is 1.38. The van der Waals surface area contributed by atoms with Crippen molar-refractivity contribution in [3.8, 4) is 5.75 Å². The summed E-state index contributed by atoms with van der Waals surface area (Å²) in [6.45, 7) is 1.99. The first kappa shape index (κ1) is 15.7. The van der Waals surface area contributed by atoms with Crippen molar-refractivity contribution in [3.05, 3.63) is 58.6 Å². The molecule has 1 aromatic heterocycles. The van der Waals surface area contributed by atoms with E-state index in [1.54, 1.807) is 12.3 Å². The molecule has 4 rings (SSSR count). The number of hydrogen-bond acceptors (Lipinski definition) is 6. The molecule has 2 aliphatic rings. The van der Waals surface area contributed by atoms with E-state index in [9.17, 15) is 9.59 Å². The molecule has 1 fully saturated rings. The molecule has 0 radical (unpaired) electrons. The Bertz CT molecular complexity index is 867. The van der Waals surface area contributed by atoms with Crippen LogP contribution in [0.15, 0.2) is 47.5 Å². The highest BCUT2D eigenvalue weighted by Crippen LogP contribution is 2.30. The van der Waals surface area contributed by atoms with Gasteiger partial charge in [0.2, 0.25) is 0 Å². The van der Waals surface area contributed by atoms with E-state index in [0.717, 1.165) is 41.0 Å². The van der Waals surface area contributed by atoms with E-state index in [4.69, 9.17) is 4.74 Å². The van der Waals surface area contributed by atoms with Crippen LogP contribution in [0.5, 0.6) is 5.75 Å². The summed E-state index contributed by atoms with van der Waals surface area (Å²) in [5, 5.41) is 1.93. The van der Waals surface area contributed by atoms with Crippen molar-refractivity contribution < 1.29 is 14.3 Å². The Kier molecular flexibility index (Phi) is 4.15. The van der Waals surface area contributed by atoms with Gasteiger partial charge in [-0.1, -0.05) is 12.1 Å². The number of nitrogens with zero attached hydrogens (tertiary/aromatic N) is 2.